The first kappa shape index (κ1) is 18.3. The summed E-state index contributed by atoms with van der Waals surface area (Å²) in [5.41, 5.74) is 1.70. The quantitative estimate of drug-likeness (QED) is 0.349. The number of rotatable bonds is 7. The molecule has 0 aliphatic rings. The molecule has 2 aromatic carbocycles. The summed E-state index contributed by atoms with van der Waals surface area (Å²) in [7, 11) is 1.66. The highest BCUT2D eigenvalue weighted by molar-refractivity contribution is 5.79. The van der Waals surface area contributed by atoms with Crippen LogP contribution in [0.25, 0.3) is 0 Å². The molecule has 7 nitrogen and oxygen atoms in total. The van der Waals surface area contributed by atoms with Gasteiger partial charge >= 0.3 is 0 Å². The third-order valence-electron chi connectivity index (χ3n) is 3.58. The Morgan fingerprint density at radius 1 is 1.08 bits per heavy atom. The summed E-state index contributed by atoms with van der Waals surface area (Å²) < 4.78 is 5.60. The van der Waals surface area contributed by atoms with Gasteiger partial charge in [0.15, 0.2) is 5.96 Å². The molecule has 2 rings (SSSR count). The minimum absolute atomic E-state index is 0.0899. The summed E-state index contributed by atoms with van der Waals surface area (Å²) >= 11 is 0. The molecular weight excluding hydrogens is 320 g/mol. The van der Waals surface area contributed by atoms with E-state index in [1.54, 1.807) is 25.2 Å². The fraction of sp³-hybridized carbons (Fsp3) is 0.278. The Kier molecular flexibility index (Phi) is 6.76. The molecule has 132 valence electrons. The van der Waals surface area contributed by atoms with E-state index in [1.165, 1.54) is 6.07 Å². The van der Waals surface area contributed by atoms with Crippen LogP contribution in [0.1, 0.15) is 18.1 Å². The molecule has 0 aliphatic heterocycles. The minimum atomic E-state index is -0.383. The molecule has 7 heteroatoms. The first-order valence-electron chi connectivity index (χ1n) is 8.03. The lowest BCUT2D eigenvalue weighted by molar-refractivity contribution is -0.385. The molecule has 0 amide bonds. The zero-order valence-corrected chi connectivity index (χ0v) is 14.4. The lowest BCUT2D eigenvalue weighted by Crippen LogP contribution is -2.36. The number of ether oxygens (including phenoxy) is 1. The van der Waals surface area contributed by atoms with Gasteiger partial charge in [0.05, 0.1) is 11.5 Å². The Bertz CT molecular complexity index is 747. The van der Waals surface area contributed by atoms with E-state index < -0.39 is 0 Å². The lowest BCUT2D eigenvalue weighted by Gasteiger charge is -2.14. The summed E-state index contributed by atoms with van der Waals surface area (Å²) in [5, 5.41) is 17.4. The molecule has 0 heterocycles. The molecule has 0 unspecified atom stereocenters. The van der Waals surface area contributed by atoms with E-state index in [4.69, 9.17) is 4.74 Å². The SMILES string of the molecule is CCOc1ccccc1CNC(=NC)NCc1ccccc1[N+](=O)[O-]. The summed E-state index contributed by atoms with van der Waals surface area (Å²) in [4.78, 5) is 14.8. The Labute approximate surface area is 146 Å². The van der Waals surface area contributed by atoms with E-state index in [0.717, 1.165) is 11.3 Å². The maximum Gasteiger partial charge on any atom is 0.274 e. The number of hydrogen-bond donors (Lipinski definition) is 2. The number of benzene rings is 2. The van der Waals surface area contributed by atoms with Gasteiger partial charge in [0.2, 0.25) is 0 Å². The fourth-order valence-electron chi connectivity index (χ4n) is 2.36. The molecule has 0 saturated heterocycles. The zero-order valence-electron chi connectivity index (χ0n) is 14.4. The van der Waals surface area contributed by atoms with Crippen LogP contribution < -0.4 is 15.4 Å². The summed E-state index contributed by atoms with van der Waals surface area (Å²) in [6.07, 6.45) is 0. The van der Waals surface area contributed by atoms with Crippen molar-refractivity contribution in [3.63, 3.8) is 0 Å². The number of aliphatic imine (C=N–C) groups is 1. The maximum atomic E-state index is 11.1. The number of guanidine groups is 1. The van der Waals surface area contributed by atoms with Crippen molar-refractivity contribution in [1.29, 1.82) is 0 Å². The van der Waals surface area contributed by atoms with Gasteiger partial charge in [-0.1, -0.05) is 36.4 Å². The van der Waals surface area contributed by atoms with E-state index in [0.29, 0.717) is 31.2 Å². The Morgan fingerprint density at radius 3 is 2.32 bits per heavy atom. The molecule has 2 aromatic rings. The van der Waals surface area contributed by atoms with Crippen molar-refractivity contribution < 1.29 is 9.66 Å². The first-order chi connectivity index (χ1) is 12.2. The number of para-hydroxylation sites is 2. The van der Waals surface area contributed by atoms with Crippen molar-refractivity contribution in [3.8, 4) is 5.75 Å². The van der Waals surface area contributed by atoms with Crippen LogP contribution in [-0.4, -0.2) is 24.5 Å². The second-order valence-electron chi connectivity index (χ2n) is 5.21. The van der Waals surface area contributed by atoms with Crippen LogP contribution in [0.2, 0.25) is 0 Å². The van der Waals surface area contributed by atoms with Crippen molar-refractivity contribution in [3.05, 3.63) is 69.8 Å². The van der Waals surface area contributed by atoms with Gasteiger partial charge in [-0.2, -0.15) is 0 Å². The third kappa shape index (κ3) is 5.20. The number of hydrogen-bond acceptors (Lipinski definition) is 4. The average molecular weight is 342 g/mol. The van der Waals surface area contributed by atoms with Gasteiger partial charge in [0, 0.05) is 37.3 Å². The average Bonchev–Trinajstić information content (AvgIpc) is 2.63. The highest BCUT2D eigenvalue weighted by Crippen LogP contribution is 2.18. The number of nitrogens with zero attached hydrogens (tertiary/aromatic N) is 2. The number of nitro groups is 1. The molecule has 0 aromatic heterocycles. The Hall–Kier alpha value is -3.09. The van der Waals surface area contributed by atoms with E-state index in [9.17, 15) is 10.1 Å². The molecule has 0 spiro atoms. The normalized spacial score (nSPS) is 11.0. The maximum absolute atomic E-state index is 11.1. The van der Waals surface area contributed by atoms with Crippen LogP contribution in [0, 0.1) is 10.1 Å². The van der Waals surface area contributed by atoms with Crippen molar-refractivity contribution in [1.82, 2.24) is 10.6 Å². The van der Waals surface area contributed by atoms with Gasteiger partial charge in [-0.25, -0.2) is 0 Å². The van der Waals surface area contributed by atoms with Gasteiger partial charge in [-0.15, -0.1) is 0 Å². The van der Waals surface area contributed by atoms with Gasteiger partial charge in [-0.3, -0.25) is 15.1 Å². The Morgan fingerprint density at radius 2 is 1.68 bits per heavy atom. The van der Waals surface area contributed by atoms with E-state index in [2.05, 4.69) is 15.6 Å². The fourth-order valence-corrected chi connectivity index (χ4v) is 2.36. The van der Waals surface area contributed by atoms with Crippen LogP contribution in [0.5, 0.6) is 5.75 Å². The predicted octanol–water partition coefficient (Wildman–Crippen LogP) is 2.86. The minimum Gasteiger partial charge on any atom is -0.494 e. The van der Waals surface area contributed by atoms with Crippen molar-refractivity contribution in [2.75, 3.05) is 13.7 Å². The third-order valence-corrected chi connectivity index (χ3v) is 3.58. The molecule has 0 fully saturated rings. The van der Waals surface area contributed by atoms with E-state index in [-0.39, 0.29) is 10.6 Å². The van der Waals surface area contributed by atoms with Crippen LogP contribution in [0.4, 0.5) is 5.69 Å². The van der Waals surface area contributed by atoms with Crippen LogP contribution in [0.15, 0.2) is 53.5 Å². The van der Waals surface area contributed by atoms with Crippen molar-refractivity contribution >= 4 is 11.6 Å². The van der Waals surface area contributed by atoms with Gasteiger partial charge in [0.1, 0.15) is 5.75 Å². The topological polar surface area (TPSA) is 88.8 Å². The van der Waals surface area contributed by atoms with Gasteiger partial charge in [0.25, 0.3) is 5.69 Å². The lowest BCUT2D eigenvalue weighted by atomic mass is 10.2. The summed E-state index contributed by atoms with van der Waals surface area (Å²) in [6.45, 7) is 3.38. The zero-order chi connectivity index (χ0) is 18.1. The molecule has 0 radical (unpaired) electrons. The molecule has 25 heavy (non-hydrogen) atoms. The standard InChI is InChI=1S/C18H22N4O3/c1-3-25-17-11-7-5-9-15(17)13-21-18(19-2)20-12-14-8-4-6-10-16(14)22(23)24/h4-11H,3,12-13H2,1-2H3,(H2,19,20,21). The predicted molar refractivity (Wildman–Crippen MR) is 97.7 cm³/mol. The van der Waals surface area contributed by atoms with Gasteiger partial charge in [-0.05, 0) is 13.0 Å². The summed E-state index contributed by atoms with van der Waals surface area (Å²) in [5.74, 6) is 1.39. The second kappa shape index (κ2) is 9.27. The van der Waals surface area contributed by atoms with Crippen LogP contribution >= 0.6 is 0 Å². The van der Waals surface area contributed by atoms with Crippen molar-refractivity contribution in [2.45, 2.75) is 20.0 Å². The molecule has 2 N–H and O–H groups in total. The smallest absolute Gasteiger partial charge is 0.274 e. The van der Waals surface area contributed by atoms with E-state index in [1.807, 2.05) is 31.2 Å². The molecular formula is C18H22N4O3. The van der Waals surface area contributed by atoms with Crippen molar-refractivity contribution in [2.24, 2.45) is 4.99 Å². The van der Waals surface area contributed by atoms with Crippen LogP contribution in [0.3, 0.4) is 0 Å². The highest BCUT2D eigenvalue weighted by Gasteiger charge is 2.12. The second-order valence-corrected chi connectivity index (χ2v) is 5.21. The first-order valence-corrected chi connectivity index (χ1v) is 8.03. The molecule has 0 bridgehead atoms. The number of nitro benzene ring substituents is 1. The monoisotopic (exact) mass is 342 g/mol. The van der Waals surface area contributed by atoms with Gasteiger partial charge < -0.3 is 15.4 Å². The Balaban J connectivity index is 1.97. The van der Waals surface area contributed by atoms with Crippen LogP contribution in [-0.2, 0) is 13.1 Å². The number of nitrogens with one attached hydrogen (secondary N) is 2. The summed E-state index contributed by atoms with van der Waals surface area (Å²) in [6, 6.07) is 14.4. The molecule has 0 atom stereocenters. The highest BCUT2D eigenvalue weighted by atomic mass is 16.6. The largest absolute Gasteiger partial charge is 0.494 e. The molecule has 0 aliphatic carbocycles. The molecule has 0 saturated carbocycles. The van der Waals surface area contributed by atoms with E-state index >= 15 is 0 Å².